The van der Waals surface area contributed by atoms with Crippen LogP contribution in [0.15, 0.2) is 0 Å². The fourth-order valence-corrected chi connectivity index (χ4v) is 2.99. The first kappa shape index (κ1) is 15.9. The van der Waals surface area contributed by atoms with E-state index in [1.165, 1.54) is 0 Å². The molecule has 1 aliphatic heterocycles. The van der Waals surface area contributed by atoms with Crippen molar-refractivity contribution in [3.63, 3.8) is 0 Å². The van der Waals surface area contributed by atoms with Crippen LogP contribution in [-0.4, -0.2) is 46.8 Å². The average Bonchev–Trinajstić information content (AvgIpc) is 2.79. The van der Waals surface area contributed by atoms with Crippen molar-refractivity contribution in [2.24, 2.45) is 5.41 Å². The normalized spacial score (nSPS) is 28.1. The van der Waals surface area contributed by atoms with Crippen LogP contribution in [0.3, 0.4) is 0 Å². The average molecular weight is 308 g/mol. The van der Waals surface area contributed by atoms with Gasteiger partial charge in [-0.3, -0.25) is 4.79 Å². The van der Waals surface area contributed by atoms with E-state index in [-0.39, 0.29) is 12.1 Å². The van der Waals surface area contributed by atoms with Crippen LogP contribution >= 0.6 is 0 Å². The van der Waals surface area contributed by atoms with Crippen LogP contribution in [0.5, 0.6) is 0 Å². The number of carbonyl (C=O) groups is 2. The van der Waals surface area contributed by atoms with Gasteiger partial charge in [-0.25, -0.2) is 4.79 Å². The lowest BCUT2D eigenvalue weighted by Gasteiger charge is -2.43. The van der Waals surface area contributed by atoms with Gasteiger partial charge in [0.15, 0.2) is 5.41 Å². The molecule has 1 unspecified atom stereocenters. The van der Waals surface area contributed by atoms with Crippen LogP contribution < -0.4 is 5.32 Å². The van der Waals surface area contributed by atoms with Crippen LogP contribution in [-0.2, 0) is 4.79 Å². The zero-order valence-electron chi connectivity index (χ0n) is 11.8. The van der Waals surface area contributed by atoms with Gasteiger partial charge in [0.25, 0.3) is 0 Å². The Bertz CT molecular complexity index is 443. The minimum absolute atomic E-state index is 0.197. The zero-order valence-corrected chi connectivity index (χ0v) is 11.8. The number of urea groups is 1. The molecule has 120 valence electrons. The van der Waals surface area contributed by atoms with Crippen molar-refractivity contribution in [3.8, 4) is 0 Å². The number of alkyl halides is 3. The molecule has 8 heteroatoms. The van der Waals surface area contributed by atoms with E-state index in [0.29, 0.717) is 0 Å². The summed E-state index contributed by atoms with van der Waals surface area (Å²) in [6, 6.07) is -0.594. The Hall–Kier alpha value is -1.47. The molecule has 2 rings (SSSR count). The highest BCUT2D eigenvalue weighted by atomic mass is 19.4. The highest BCUT2D eigenvalue weighted by Crippen LogP contribution is 2.46. The number of carboxylic acids is 1. The summed E-state index contributed by atoms with van der Waals surface area (Å²) in [4.78, 5) is 24.1. The lowest BCUT2D eigenvalue weighted by molar-refractivity contribution is -0.227. The second-order valence-corrected chi connectivity index (χ2v) is 5.97. The molecule has 0 radical (unpaired) electrons. The first-order chi connectivity index (χ1) is 9.66. The Balaban J connectivity index is 2.07. The number of rotatable bonds is 3. The SMILES string of the molecule is CCC1(NC(=O)N2CCC(C(=O)O)(C(F)(F)F)C2)CCC1. The van der Waals surface area contributed by atoms with Crippen LogP contribution in [0.2, 0.25) is 0 Å². The number of amides is 2. The largest absolute Gasteiger partial charge is 0.481 e. The summed E-state index contributed by atoms with van der Waals surface area (Å²) in [6.07, 6.45) is -2.14. The number of carboxylic acid groups (broad SMARTS) is 1. The summed E-state index contributed by atoms with van der Waals surface area (Å²) in [5.74, 6) is -1.92. The van der Waals surface area contributed by atoms with E-state index in [0.717, 1.165) is 30.6 Å². The molecular weight excluding hydrogens is 289 g/mol. The summed E-state index contributed by atoms with van der Waals surface area (Å²) in [7, 11) is 0. The first-order valence-electron chi connectivity index (χ1n) is 7.03. The van der Waals surface area contributed by atoms with Crippen LogP contribution in [0, 0.1) is 5.41 Å². The van der Waals surface area contributed by atoms with Gasteiger partial charge in [0.2, 0.25) is 0 Å². The molecule has 0 bridgehead atoms. The Morgan fingerprint density at radius 2 is 1.90 bits per heavy atom. The molecule has 1 heterocycles. The molecule has 1 saturated carbocycles. The van der Waals surface area contributed by atoms with E-state index < -0.39 is 36.6 Å². The number of nitrogens with zero attached hydrogens (tertiary/aromatic N) is 1. The lowest BCUT2D eigenvalue weighted by Crippen LogP contribution is -2.57. The smallest absolute Gasteiger partial charge is 0.406 e. The second-order valence-electron chi connectivity index (χ2n) is 5.97. The lowest BCUT2D eigenvalue weighted by atomic mass is 9.75. The third kappa shape index (κ3) is 2.55. The van der Waals surface area contributed by atoms with Crippen LogP contribution in [0.4, 0.5) is 18.0 Å². The number of carbonyl (C=O) groups excluding carboxylic acids is 1. The van der Waals surface area contributed by atoms with Gasteiger partial charge in [-0.2, -0.15) is 13.2 Å². The van der Waals surface area contributed by atoms with E-state index >= 15 is 0 Å². The van der Waals surface area contributed by atoms with Crippen molar-refractivity contribution in [1.82, 2.24) is 10.2 Å². The maximum Gasteiger partial charge on any atom is 0.406 e. The van der Waals surface area contributed by atoms with Crippen molar-refractivity contribution in [2.45, 2.75) is 50.7 Å². The highest BCUT2D eigenvalue weighted by Gasteiger charge is 2.64. The van der Waals surface area contributed by atoms with Crippen LogP contribution in [0.25, 0.3) is 0 Å². The molecule has 0 aromatic carbocycles. The fraction of sp³-hybridized carbons (Fsp3) is 0.846. The van der Waals surface area contributed by atoms with E-state index in [2.05, 4.69) is 5.32 Å². The topological polar surface area (TPSA) is 69.6 Å². The molecule has 21 heavy (non-hydrogen) atoms. The maximum absolute atomic E-state index is 13.0. The summed E-state index contributed by atoms with van der Waals surface area (Å²) < 4.78 is 39.1. The summed E-state index contributed by atoms with van der Waals surface area (Å²) >= 11 is 0. The van der Waals surface area contributed by atoms with Crippen molar-refractivity contribution in [1.29, 1.82) is 0 Å². The van der Waals surface area contributed by atoms with Gasteiger partial charge in [-0.1, -0.05) is 6.92 Å². The van der Waals surface area contributed by atoms with E-state index in [4.69, 9.17) is 5.11 Å². The standard InChI is InChI=1S/C13H19F3N2O3/c1-2-11(4-3-5-11)17-10(21)18-7-6-12(8-18,9(19)20)13(14,15)16/h2-8H2,1H3,(H,17,21)(H,19,20). The second kappa shape index (κ2) is 5.06. The van der Waals surface area contributed by atoms with Crippen molar-refractivity contribution < 1.29 is 27.9 Å². The molecule has 0 aromatic rings. The number of hydrogen-bond donors (Lipinski definition) is 2. The molecule has 2 N–H and O–H groups in total. The van der Waals surface area contributed by atoms with Gasteiger partial charge in [-0.05, 0) is 32.1 Å². The number of likely N-dealkylation sites (tertiary alicyclic amines) is 1. The minimum atomic E-state index is -4.87. The van der Waals surface area contributed by atoms with Crippen LogP contribution in [0.1, 0.15) is 39.0 Å². The molecular formula is C13H19F3N2O3. The third-order valence-corrected chi connectivity index (χ3v) is 4.87. The highest BCUT2D eigenvalue weighted by molar-refractivity contribution is 5.81. The Labute approximate surface area is 120 Å². The van der Waals surface area contributed by atoms with Crippen molar-refractivity contribution in [2.75, 3.05) is 13.1 Å². The predicted octanol–water partition coefficient (Wildman–Crippen LogP) is 2.37. The van der Waals surface area contributed by atoms with E-state index in [1.807, 2.05) is 6.92 Å². The molecule has 1 atom stereocenters. The van der Waals surface area contributed by atoms with Gasteiger partial charge in [-0.15, -0.1) is 0 Å². The molecule has 2 fully saturated rings. The van der Waals surface area contributed by atoms with Gasteiger partial charge in [0.1, 0.15) is 0 Å². The maximum atomic E-state index is 13.0. The molecule has 0 aromatic heterocycles. The zero-order chi connectivity index (χ0) is 15.9. The molecule has 5 nitrogen and oxygen atoms in total. The summed E-state index contributed by atoms with van der Waals surface area (Å²) in [5, 5.41) is 11.7. The first-order valence-corrected chi connectivity index (χ1v) is 7.03. The van der Waals surface area contributed by atoms with Crippen molar-refractivity contribution in [3.05, 3.63) is 0 Å². The quantitative estimate of drug-likeness (QED) is 0.841. The fourth-order valence-electron chi connectivity index (χ4n) is 2.99. The Morgan fingerprint density at radius 3 is 2.24 bits per heavy atom. The Morgan fingerprint density at radius 1 is 1.29 bits per heavy atom. The summed E-state index contributed by atoms with van der Waals surface area (Å²) in [5.41, 5.74) is -3.17. The molecule has 2 amide bonds. The minimum Gasteiger partial charge on any atom is -0.481 e. The van der Waals surface area contributed by atoms with E-state index in [1.54, 1.807) is 0 Å². The third-order valence-electron chi connectivity index (χ3n) is 4.87. The monoisotopic (exact) mass is 308 g/mol. The van der Waals surface area contributed by atoms with Crippen molar-refractivity contribution >= 4 is 12.0 Å². The van der Waals surface area contributed by atoms with E-state index in [9.17, 15) is 22.8 Å². The molecule has 1 aliphatic carbocycles. The molecule has 1 saturated heterocycles. The number of hydrogen-bond acceptors (Lipinski definition) is 2. The van der Waals surface area contributed by atoms with Gasteiger partial charge in [0, 0.05) is 18.6 Å². The van der Waals surface area contributed by atoms with Gasteiger partial charge < -0.3 is 15.3 Å². The Kier molecular flexibility index (Phi) is 3.84. The number of aliphatic carboxylic acids is 1. The summed E-state index contributed by atoms with van der Waals surface area (Å²) in [6.45, 7) is 0.898. The number of halogens is 3. The predicted molar refractivity (Wildman–Crippen MR) is 67.7 cm³/mol. The van der Waals surface area contributed by atoms with Gasteiger partial charge >= 0.3 is 18.2 Å². The number of nitrogens with one attached hydrogen (secondary N) is 1. The molecule has 2 aliphatic rings. The van der Waals surface area contributed by atoms with Gasteiger partial charge in [0.05, 0.1) is 0 Å². The molecule has 0 spiro atoms.